The molecule has 6 heteroatoms. The summed E-state index contributed by atoms with van der Waals surface area (Å²) < 4.78 is 0. The third-order valence-electron chi connectivity index (χ3n) is 3.63. The highest BCUT2D eigenvalue weighted by molar-refractivity contribution is 7.15. The summed E-state index contributed by atoms with van der Waals surface area (Å²) in [6.07, 6.45) is 7.20. The van der Waals surface area contributed by atoms with E-state index in [1.165, 1.54) is 0 Å². The minimum absolute atomic E-state index is 0.173. The molecule has 1 aromatic heterocycles. The molecule has 1 fully saturated rings. The number of rotatable bonds is 6. The molecule has 1 aliphatic rings. The van der Waals surface area contributed by atoms with Crippen molar-refractivity contribution in [3.05, 3.63) is 17.2 Å². The monoisotopic (exact) mass is 296 g/mol. The Morgan fingerprint density at radius 2 is 2.20 bits per heavy atom. The highest BCUT2D eigenvalue weighted by atomic mass is 32.1. The zero-order valence-corrected chi connectivity index (χ0v) is 13.1. The van der Waals surface area contributed by atoms with Gasteiger partial charge in [-0.2, -0.15) is 0 Å². The van der Waals surface area contributed by atoms with Crippen LogP contribution < -0.4 is 10.2 Å². The lowest BCUT2D eigenvalue weighted by molar-refractivity contribution is 0.224. The quantitative estimate of drug-likeness (QED) is 0.783. The Morgan fingerprint density at radius 1 is 1.45 bits per heavy atom. The second kappa shape index (κ2) is 7.71. The molecule has 0 aromatic carbocycles. The van der Waals surface area contributed by atoms with Crippen LogP contribution >= 0.6 is 11.3 Å². The molecule has 20 heavy (non-hydrogen) atoms. The number of hydrogen-bond donors (Lipinski definition) is 2. The first-order valence-electron chi connectivity index (χ1n) is 7.26. The van der Waals surface area contributed by atoms with E-state index in [2.05, 4.69) is 26.5 Å². The Balaban J connectivity index is 1.78. The highest BCUT2D eigenvalue weighted by Crippen LogP contribution is 2.23. The summed E-state index contributed by atoms with van der Waals surface area (Å²) in [4.78, 5) is 2.31. The summed E-state index contributed by atoms with van der Waals surface area (Å²) in [7, 11) is 0. The largest absolute Gasteiger partial charge is 0.395 e. The molecular formula is C14H24N4OS. The van der Waals surface area contributed by atoms with Crippen LogP contribution in [0.15, 0.2) is 12.2 Å². The van der Waals surface area contributed by atoms with E-state index in [1.807, 2.05) is 19.9 Å². The van der Waals surface area contributed by atoms with Gasteiger partial charge in [0.05, 0.1) is 6.61 Å². The van der Waals surface area contributed by atoms with E-state index < -0.39 is 0 Å². The van der Waals surface area contributed by atoms with Gasteiger partial charge in [-0.25, -0.2) is 0 Å². The minimum atomic E-state index is 0.173. The fourth-order valence-corrected chi connectivity index (χ4v) is 3.22. The molecule has 1 atom stereocenters. The second-order valence-corrected chi connectivity index (χ2v) is 6.38. The van der Waals surface area contributed by atoms with Crippen LogP contribution in [-0.4, -0.2) is 47.1 Å². The van der Waals surface area contributed by atoms with Gasteiger partial charge in [-0.1, -0.05) is 23.5 Å². The van der Waals surface area contributed by atoms with Crippen molar-refractivity contribution in [2.24, 2.45) is 0 Å². The second-order valence-electron chi connectivity index (χ2n) is 5.22. The number of piperidine rings is 1. The van der Waals surface area contributed by atoms with Crippen LogP contribution in [-0.2, 0) is 0 Å². The lowest BCUT2D eigenvalue weighted by atomic mass is 10.0. The summed E-state index contributed by atoms with van der Waals surface area (Å²) in [5, 5.41) is 23.3. The van der Waals surface area contributed by atoms with Gasteiger partial charge < -0.3 is 15.3 Å². The van der Waals surface area contributed by atoms with E-state index in [-0.39, 0.29) is 12.6 Å². The van der Waals surface area contributed by atoms with Gasteiger partial charge in [0.15, 0.2) is 0 Å². The van der Waals surface area contributed by atoms with Crippen molar-refractivity contribution in [3.8, 4) is 0 Å². The summed E-state index contributed by atoms with van der Waals surface area (Å²) in [5.41, 5.74) is 0. The predicted octanol–water partition coefficient (Wildman–Crippen LogP) is 1.73. The minimum Gasteiger partial charge on any atom is -0.395 e. The fourth-order valence-electron chi connectivity index (χ4n) is 2.48. The van der Waals surface area contributed by atoms with Crippen LogP contribution in [0, 0.1) is 6.92 Å². The predicted molar refractivity (Wildman–Crippen MR) is 83.3 cm³/mol. The molecule has 0 bridgehead atoms. The fraction of sp³-hybridized carbons (Fsp3) is 0.714. The van der Waals surface area contributed by atoms with Gasteiger partial charge in [-0.15, -0.1) is 10.2 Å². The third-order valence-corrected chi connectivity index (χ3v) is 4.53. The lowest BCUT2D eigenvalue weighted by Crippen LogP contribution is -2.47. The van der Waals surface area contributed by atoms with Gasteiger partial charge in [0.1, 0.15) is 5.01 Å². The molecule has 0 spiro atoms. The number of anilines is 1. The average Bonchev–Trinajstić information content (AvgIpc) is 2.90. The van der Waals surface area contributed by atoms with Crippen molar-refractivity contribution >= 4 is 16.5 Å². The van der Waals surface area contributed by atoms with Crippen LogP contribution in [0.1, 0.15) is 31.2 Å². The van der Waals surface area contributed by atoms with Crippen molar-refractivity contribution < 1.29 is 5.11 Å². The Morgan fingerprint density at radius 3 is 2.75 bits per heavy atom. The molecule has 0 saturated carbocycles. The molecule has 0 amide bonds. The van der Waals surface area contributed by atoms with Crippen molar-refractivity contribution in [3.63, 3.8) is 0 Å². The molecule has 0 aliphatic carbocycles. The molecule has 2 heterocycles. The number of nitrogens with one attached hydrogen (secondary N) is 1. The van der Waals surface area contributed by atoms with Gasteiger partial charge in [0.25, 0.3) is 0 Å². The van der Waals surface area contributed by atoms with Gasteiger partial charge in [0, 0.05) is 25.2 Å². The molecule has 5 nitrogen and oxygen atoms in total. The maximum atomic E-state index is 9.39. The van der Waals surface area contributed by atoms with Crippen molar-refractivity contribution in [1.82, 2.24) is 15.5 Å². The lowest BCUT2D eigenvalue weighted by Gasteiger charge is -2.33. The zero-order chi connectivity index (χ0) is 14.4. The molecule has 1 aliphatic heterocycles. The van der Waals surface area contributed by atoms with Crippen LogP contribution in [0.2, 0.25) is 0 Å². The maximum Gasteiger partial charge on any atom is 0.208 e. The zero-order valence-electron chi connectivity index (χ0n) is 12.2. The number of aryl methyl sites for hydroxylation is 1. The summed E-state index contributed by atoms with van der Waals surface area (Å²) in [5.74, 6) is 0. The number of hydrogen-bond acceptors (Lipinski definition) is 6. The Labute approximate surface area is 124 Å². The number of aromatic nitrogens is 2. The molecule has 112 valence electrons. The van der Waals surface area contributed by atoms with E-state index in [0.29, 0.717) is 6.04 Å². The molecular weight excluding hydrogens is 272 g/mol. The van der Waals surface area contributed by atoms with Crippen molar-refractivity contribution in [2.75, 3.05) is 24.6 Å². The number of aliphatic hydroxyl groups excluding tert-OH is 1. The van der Waals surface area contributed by atoms with Gasteiger partial charge in [0.2, 0.25) is 5.13 Å². The first kappa shape index (κ1) is 15.4. The molecule has 2 N–H and O–H groups in total. The molecule has 1 saturated heterocycles. The molecule has 1 aromatic rings. The standard InChI is InChI=1S/C14H24N4OS/c1-3-4-5-13(10-19)15-12-6-8-18(9-7-12)14-17-16-11(2)20-14/h3-4,12-13,15,19H,5-10H2,1-2H3. The number of aliphatic hydroxyl groups is 1. The van der Waals surface area contributed by atoms with E-state index in [1.54, 1.807) is 11.3 Å². The van der Waals surface area contributed by atoms with Crippen LogP contribution in [0.25, 0.3) is 0 Å². The van der Waals surface area contributed by atoms with Gasteiger partial charge in [-0.05, 0) is 33.1 Å². The molecule has 1 unspecified atom stereocenters. The Hall–Kier alpha value is -0.980. The summed E-state index contributed by atoms with van der Waals surface area (Å²) in [6, 6.07) is 0.661. The third kappa shape index (κ3) is 4.26. The van der Waals surface area contributed by atoms with Crippen LogP contribution in [0.5, 0.6) is 0 Å². The smallest absolute Gasteiger partial charge is 0.208 e. The topological polar surface area (TPSA) is 61.3 Å². The first-order chi connectivity index (χ1) is 9.72. The maximum absolute atomic E-state index is 9.39. The van der Waals surface area contributed by atoms with Crippen LogP contribution in [0.4, 0.5) is 5.13 Å². The van der Waals surface area contributed by atoms with E-state index in [0.717, 1.165) is 42.5 Å². The summed E-state index contributed by atoms with van der Waals surface area (Å²) in [6.45, 7) is 6.21. The van der Waals surface area contributed by atoms with Gasteiger partial charge in [-0.3, -0.25) is 0 Å². The van der Waals surface area contributed by atoms with Gasteiger partial charge >= 0.3 is 0 Å². The number of allylic oxidation sites excluding steroid dienone is 1. The highest BCUT2D eigenvalue weighted by Gasteiger charge is 2.22. The Kier molecular flexibility index (Phi) is 5.94. The number of nitrogens with zero attached hydrogens (tertiary/aromatic N) is 3. The SMILES string of the molecule is CC=CCC(CO)NC1CCN(c2nnc(C)s2)CC1. The summed E-state index contributed by atoms with van der Waals surface area (Å²) >= 11 is 1.66. The molecule has 0 radical (unpaired) electrons. The Bertz CT molecular complexity index is 427. The van der Waals surface area contributed by atoms with Crippen LogP contribution in [0.3, 0.4) is 0 Å². The van der Waals surface area contributed by atoms with E-state index in [4.69, 9.17) is 0 Å². The molecule has 2 rings (SSSR count). The van der Waals surface area contributed by atoms with Crippen molar-refractivity contribution in [2.45, 2.75) is 45.2 Å². The van der Waals surface area contributed by atoms with Crippen molar-refractivity contribution in [1.29, 1.82) is 0 Å². The first-order valence-corrected chi connectivity index (χ1v) is 8.07. The van der Waals surface area contributed by atoms with E-state index >= 15 is 0 Å². The van der Waals surface area contributed by atoms with E-state index in [9.17, 15) is 5.11 Å². The normalized spacial score (nSPS) is 18.9. The average molecular weight is 296 g/mol.